The molecular weight excluding hydrogens is 380 g/mol. The van der Waals surface area contributed by atoms with E-state index in [9.17, 15) is 9.59 Å². The summed E-state index contributed by atoms with van der Waals surface area (Å²) in [5.41, 5.74) is 3.88. The summed E-state index contributed by atoms with van der Waals surface area (Å²) in [5, 5.41) is 2.08. The topological polar surface area (TPSA) is 42.3 Å². The zero-order valence-corrected chi connectivity index (χ0v) is 16.6. The van der Waals surface area contributed by atoms with Gasteiger partial charge >= 0.3 is 0 Å². The van der Waals surface area contributed by atoms with Crippen LogP contribution in [0.15, 0.2) is 77.7 Å². The molecule has 1 aliphatic rings. The Morgan fingerprint density at radius 1 is 0.862 bits per heavy atom. The second-order valence-electron chi connectivity index (χ2n) is 6.89. The fourth-order valence-electron chi connectivity index (χ4n) is 3.92. The lowest BCUT2D eigenvalue weighted by Crippen LogP contribution is -2.27. The first-order valence-corrected chi connectivity index (χ1v) is 10.3. The van der Waals surface area contributed by atoms with Gasteiger partial charge in [-0.1, -0.05) is 42.5 Å². The predicted octanol–water partition coefficient (Wildman–Crippen LogP) is 6.06. The molecule has 0 unspecified atom stereocenters. The predicted molar refractivity (Wildman–Crippen MR) is 120 cm³/mol. The minimum atomic E-state index is -0.276. The summed E-state index contributed by atoms with van der Waals surface area (Å²) in [6, 6.07) is 23.6. The number of anilines is 1. The molecule has 0 atom stereocenters. The van der Waals surface area contributed by atoms with Crippen LogP contribution in [0.3, 0.4) is 0 Å². The van der Waals surface area contributed by atoms with E-state index in [0.717, 1.165) is 29.3 Å². The Labute approximate surface area is 172 Å². The van der Waals surface area contributed by atoms with Gasteiger partial charge in [0.1, 0.15) is 0 Å². The molecule has 0 N–H and O–H groups in total. The average Bonchev–Trinajstić information content (AvgIpc) is 3.21. The monoisotopic (exact) mass is 398 g/mol. The third-order valence-corrected chi connectivity index (χ3v) is 6.09. The molecule has 0 aliphatic carbocycles. The van der Waals surface area contributed by atoms with Crippen LogP contribution in [0, 0.1) is 0 Å². The first-order chi connectivity index (χ1) is 14.2. The largest absolute Gasteiger partial charge is 0.341 e. The maximum absolute atomic E-state index is 12.9. The molecule has 5 rings (SSSR count). The van der Waals surface area contributed by atoms with Crippen molar-refractivity contribution in [1.82, 2.24) is 4.57 Å². The first-order valence-electron chi connectivity index (χ1n) is 9.51. The van der Waals surface area contributed by atoms with Gasteiger partial charge in [-0.2, -0.15) is 0 Å². The van der Waals surface area contributed by atoms with Gasteiger partial charge in [-0.15, -0.1) is 0 Å². The van der Waals surface area contributed by atoms with Crippen LogP contribution in [0.5, 0.6) is 0 Å². The molecule has 2 heterocycles. The minimum absolute atomic E-state index is 0.267. The lowest BCUT2D eigenvalue weighted by Gasteiger charge is -2.11. The highest BCUT2D eigenvalue weighted by atomic mass is 32.2. The standard InChI is InChI=1S/C24H18N2O2S/c1-2-25-20-11-7-6-10-18(20)19-14-16(12-13-21(19)25)15-22-23(27)26(24(28)29-22)17-8-4-3-5-9-17/h3-15H,2H2,1H3/b22-15+. The van der Waals surface area contributed by atoms with Crippen LogP contribution in [0.4, 0.5) is 10.5 Å². The van der Waals surface area contributed by atoms with Crippen LogP contribution in [0.2, 0.25) is 0 Å². The molecule has 1 saturated heterocycles. The fourth-order valence-corrected chi connectivity index (χ4v) is 4.76. The maximum Gasteiger partial charge on any atom is 0.298 e. The Balaban J connectivity index is 1.58. The second kappa shape index (κ2) is 6.94. The summed E-state index contributed by atoms with van der Waals surface area (Å²) >= 11 is 0.984. The van der Waals surface area contributed by atoms with Crippen molar-refractivity contribution in [2.75, 3.05) is 4.90 Å². The normalized spacial score (nSPS) is 15.9. The highest BCUT2D eigenvalue weighted by molar-refractivity contribution is 8.19. The Morgan fingerprint density at radius 2 is 1.59 bits per heavy atom. The molecule has 0 bridgehead atoms. The van der Waals surface area contributed by atoms with Crippen LogP contribution in [-0.4, -0.2) is 15.7 Å². The van der Waals surface area contributed by atoms with E-state index in [1.165, 1.54) is 21.3 Å². The van der Waals surface area contributed by atoms with Gasteiger partial charge < -0.3 is 4.57 Å². The molecule has 142 valence electrons. The summed E-state index contributed by atoms with van der Waals surface area (Å²) in [6.07, 6.45) is 1.81. The van der Waals surface area contributed by atoms with E-state index in [0.29, 0.717) is 10.6 Å². The van der Waals surface area contributed by atoms with Crippen molar-refractivity contribution >= 4 is 56.5 Å². The summed E-state index contributed by atoms with van der Waals surface area (Å²) in [4.78, 5) is 27.0. The molecule has 1 fully saturated rings. The van der Waals surface area contributed by atoms with E-state index in [2.05, 4.69) is 35.8 Å². The number of para-hydroxylation sites is 2. The molecule has 4 nitrogen and oxygen atoms in total. The molecule has 3 aromatic carbocycles. The molecule has 0 spiro atoms. The van der Waals surface area contributed by atoms with Gasteiger partial charge in [-0.05, 0) is 60.7 Å². The minimum Gasteiger partial charge on any atom is -0.341 e. The van der Waals surface area contributed by atoms with Crippen molar-refractivity contribution in [2.24, 2.45) is 0 Å². The molecule has 0 saturated carbocycles. The van der Waals surface area contributed by atoms with Crippen LogP contribution in [0.25, 0.3) is 27.9 Å². The number of hydrogen-bond acceptors (Lipinski definition) is 3. The summed E-state index contributed by atoms with van der Waals surface area (Å²) in [6.45, 7) is 3.03. The number of benzene rings is 3. The first kappa shape index (κ1) is 17.8. The van der Waals surface area contributed by atoms with Crippen molar-refractivity contribution in [1.29, 1.82) is 0 Å². The zero-order chi connectivity index (χ0) is 20.0. The van der Waals surface area contributed by atoms with Gasteiger partial charge in [0, 0.05) is 28.4 Å². The molecule has 4 aromatic rings. The van der Waals surface area contributed by atoms with Crippen molar-refractivity contribution in [3.8, 4) is 0 Å². The number of aryl methyl sites for hydroxylation is 1. The molecule has 2 amide bonds. The number of imide groups is 1. The van der Waals surface area contributed by atoms with Gasteiger partial charge in [0.2, 0.25) is 0 Å². The fraction of sp³-hybridized carbons (Fsp3) is 0.0833. The number of carbonyl (C=O) groups is 2. The van der Waals surface area contributed by atoms with Gasteiger partial charge in [-0.25, -0.2) is 4.90 Å². The van der Waals surface area contributed by atoms with Gasteiger partial charge in [0.05, 0.1) is 10.6 Å². The van der Waals surface area contributed by atoms with Crippen molar-refractivity contribution < 1.29 is 9.59 Å². The van der Waals surface area contributed by atoms with Crippen molar-refractivity contribution in [2.45, 2.75) is 13.5 Å². The highest BCUT2D eigenvalue weighted by Gasteiger charge is 2.36. The number of aromatic nitrogens is 1. The number of hydrogen-bond donors (Lipinski definition) is 0. The number of carbonyl (C=O) groups excluding carboxylic acids is 2. The lowest BCUT2D eigenvalue weighted by atomic mass is 10.1. The van der Waals surface area contributed by atoms with E-state index in [1.54, 1.807) is 12.1 Å². The number of thioether (sulfide) groups is 1. The molecule has 29 heavy (non-hydrogen) atoms. The molecule has 1 aliphatic heterocycles. The van der Waals surface area contributed by atoms with Crippen LogP contribution >= 0.6 is 11.8 Å². The van der Waals surface area contributed by atoms with Gasteiger partial charge in [0.25, 0.3) is 11.1 Å². The van der Waals surface area contributed by atoms with Gasteiger partial charge in [-0.3, -0.25) is 9.59 Å². The number of rotatable bonds is 3. The average molecular weight is 398 g/mol. The molecule has 0 radical (unpaired) electrons. The highest BCUT2D eigenvalue weighted by Crippen LogP contribution is 2.36. The summed E-state index contributed by atoms with van der Waals surface area (Å²) in [7, 11) is 0. The summed E-state index contributed by atoms with van der Waals surface area (Å²) < 4.78 is 2.29. The molecule has 5 heteroatoms. The van der Waals surface area contributed by atoms with Gasteiger partial charge in [0.15, 0.2) is 0 Å². The Kier molecular flexibility index (Phi) is 4.25. The SMILES string of the molecule is CCn1c2ccccc2c2cc(/C=C3/SC(=O)N(c4ccccc4)C3=O)ccc21. The van der Waals surface area contributed by atoms with Crippen LogP contribution in [-0.2, 0) is 11.3 Å². The number of fused-ring (bicyclic) bond motifs is 3. The number of amides is 2. The van der Waals surface area contributed by atoms with E-state index in [-0.39, 0.29) is 11.1 Å². The third kappa shape index (κ3) is 2.86. The van der Waals surface area contributed by atoms with E-state index >= 15 is 0 Å². The molecule has 1 aromatic heterocycles. The Bertz CT molecular complexity index is 1300. The maximum atomic E-state index is 12.9. The smallest absolute Gasteiger partial charge is 0.298 e. The van der Waals surface area contributed by atoms with E-state index in [4.69, 9.17) is 0 Å². The van der Waals surface area contributed by atoms with E-state index < -0.39 is 0 Å². The van der Waals surface area contributed by atoms with E-state index in [1.807, 2.05) is 42.5 Å². The second-order valence-corrected chi connectivity index (χ2v) is 7.88. The van der Waals surface area contributed by atoms with Crippen LogP contribution < -0.4 is 4.90 Å². The quantitative estimate of drug-likeness (QED) is 0.394. The molecular formula is C24H18N2O2S. The van der Waals surface area contributed by atoms with Crippen molar-refractivity contribution in [3.05, 3.63) is 83.3 Å². The third-order valence-electron chi connectivity index (χ3n) is 5.22. The Hall–Kier alpha value is -3.31. The van der Waals surface area contributed by atoms with Crippen molar-refractivity contribution in [3.63, 3.8) is 0 Å². The zero-order valence-electron chi connectivity index (χ0n) is 15.8. The number of nitrogens with zero attached hydrogens (tertiary/aromatic N) is 2. The Morgan fingerprint density at radius 3 is 2.38 bits per heavy atom. The van der Waals surface area contributed by atoms with Crippen LogP contribution in [0.1, 0.15) is 12.5 Å². The lowest BCUT2D eigenvalue weighted by molar-refractivity contribution is -0.113. The summed E-state index contributed by atoms with van der Waals surface area (Å²) in [5.74, 6) is -0.276.